The number of furan rings is 1. The van der Waals surface area contributed by atoms with Crippen molar-refractivity contribution in [3.8, 4) is 0 Å². The minimum Gasteiger partial charge on any atom is -0.472 e. The molecule has 2 rings (SSSR count). The average molecular weight is 243 g/mol. The summed E-state index contributed by atoms with van der Waals surface area (Å²) >= 11 is 11.6. The topological polar surface area (TPSA) is 33.4 Å². The van der Waals surface area contributed by atoms with Gasteiger partial charge >= 0.3 is 0 Å². The molecule has 78 valence electrons. The first-order valence-corrected chi connectivity index (χ1v) is 5.09. The highest BCUT2D eigenvalue weighted by atomic mass is 35.5. The van der Waals surface area contributed by atoms with Gasteiger partial charge in [0, 0.05) is 5.56 Å². The van der Waals surface area contributed by atoms with Crippen LogP contribution in [0.2, 0.25) is 10.0 Å². The van der Waals surface area contributed by atoms with Crippen molar-refractivity contribution in [1.82, 2.24) is 0 Å². The van der Waals surface area contributed by atoms with Gasteiger partial charge in [-0.1, -0.05) is 29.3 Å². The molecule has 0 aliphatic rings. The third-order valence-corrected chi connectivity index (χ3v) is 2.86. The van der Waals surface area contributed by atoms with E-state index in [1.807, 2.05) is 0 Å². The van der Waals surface area contributed by atoms with Crippen LogP contribution in [0.5, 0.6) is 0 Å². The second kappa shape index (κ2) is 4.27. The maximum atomic E-state index is 9.93. The molecule has 0 unspecified atom stereocenters. The molecule has 1 heterocycles. The molecule has 4 heteroatoms. The minimum absolute atomic E-state index is 0.428. The third-order valence-electron chi connectivity index (χ3n) is 2.12. The van der Waals surface area contributed by atoms with E-state index in [0.29, 0.717) is 21.2 Å². The Labute approximate surface area is 97.0 Å². The molecule has 1 aromatic heterocycles. The van der Waals surface area contributed by atoms with Crippen LogP contribution in [0.1, 0.15) is 17.2 Å². The van der Waals surface area contributed by atoms with E-state index in [2.05, 4.69) is 0 Å². The van der Waals surface area contributed by atoms with Gasteiger partial charge in [-0.2, -0.15) is 0 Å². The zero-order chi connectivity index (χ0) is 10.8. The monoisotopic (exact) mass is 242 g/mol. The van der Waals surface area contributed by atoms with Gasteiger partial charge in [0.05, 0.1) is 22.6 Å². The van der Waals surface area contributed by atoms with Gasteiger partial charge in [-0.15, -0.1) is 0 Å². The standard InChI is InChI=1S/C11H8Cl2O2/c12-9-2-1-7(5-10(9)13)11(14)8-3-4-15-6-8/h1-6,11,14H/t11-/m0/s1. The van der Waals surface area contributed by atoms with Crippen molar-refractivity contribution >= 4 is 23.2 Å². The predicted octanol–water partition coefficient (Wildman–Crippen LogP) is 3.67. The van der Waals surface area contributed by atoms with Crippen LogP contribution in [-0.4, -0.2) is 5.11 Å². The second-order valence-corrected chi connectivity index (χ2v) is 3.95. The maximum Gasteiger partial charge on any atom is 0.107 e. The molecule has 1 atom stereocenters. The quantitative estimate of drug-likeness (QED) is 0.872. The fourth-order valence-corrected chi connectivity index (χ4v) is 1.61. The van der Waals surface area contributed by atoms with Gasteiger partial charge in [0.25, 0.3) is 0 Å². The second-order valence-electron chi connectivity index (χ2n) is 3.13. The molecular weight excluding hydrogens is 235 g/mol. The van der Waals surface area contributed by atoms with Crippen LogP contribution in [0.25, 0.3) is 0 Å². The summed E-state index contributed by atoms with van der Waals surface area (Å²) in [5.74, 6) is 0. The van der Waals surface area contributed by atoms with Crippen molar-refractivity contribution < 1.29 is 9.52 Å². The Hall–Kier alpha value is -0.960. The molecule has 0 saturated carbocycles. The number of hydrogen-bond donors (Lipinski definition) is 1. The Morgan fingerprint density at radius 2 is 1.87 bits per heavy atom. The van der Waals surface area contributed by atoms with Crippen LogP contribution in [0.15, 0.2) is 41.2 Å². The molecule has 2 aromatic rings. The van der Waals surface area contributed by atoms with Crippen molar-refractivity contribution in [2.75, 3.05) is 0 Å². The van der Waals surface area contributed by atoms with Crippen molar-refractivity contribution in [3.05, 3.63) is 58.0 Å². The van der Waals surface area contributed by atoms with Crippen LogP contribution in [0.4, 0.5) is 0 Å². The van der Waals surface area contributed by atoms with E-state index >= 15 is 0 Å². The van der Waals surface area contributed by atoms with Crippen molar-refractivity contribution in [1.29, 1.82) is 0 Å². The number of aliphatic hydroxyl groups excluding tert-OH is 1. The number of aliphatic hydroxyl groups is 1. The highest BCUT2D eigenvalue weighted by Crippen LogP contribution is 2.28. The first kappa shape index (κ1) is 10.6. The predicted molar refractivity (Wildman–Crippen MR) is 59.2 cm³/mol. The minimum atomic E-state index is -0.737. The van der Waals surface area contributed by atoms with Crippen molar-refractivity contribution in [2.45, 2.75) is 6.10 Å². The maximum absolute atomic E-state index is 9.93. The zero-order valence-electron chi connectivity index (χ0n) is 7.65. The van der Waals surface area contributed by atoms with Crippen LogP contribution in [-0.2, 0) is 0 Å². The summed E-state index contributed by atoms with van der Waals surface area (Å²) in [4.78, 5) is 0. The van der Waals surface area contributed by atoms with E-state index < -0.39 is 6.10 Å². The van der Waals surface area contributed by atoms with E-state index in [1.165, 1.54) is 12.5 Å². The molecule has 2 nitrogen and oxygen atoms in total. The molecule has 0 saturated heterocycles. The first-order valence-electron chi connectivity index (χ1n) is 4.33. The molecule has 0 radical (unpaired) electrons. The lowest BCUT2D eigenvalue weighted by atomic mass is 10.0. The largest absolute Gasteiger partial charge is 0.472 e. The Morgan fingerprint density at radius 3 is 2.47 bits per heavy atom. The van der Waals surface area contributed by atoms with Gasteiger partial charge in [-0.3, -0.25) is 0 Å². The lowest BCUT2D eigenvalue weighted by Gasteiger charge is -2.09. The molecule has 15 heavy (non-hydrogen) atoms. The molecule has 1 aromatic carbocycles. The summed E-state index contributed by atoms with van der Waals surface area (Å²) in [6.07, 6.45) is 2.27. The SMILES string of the molecule is O[C@H](c1ccoc1)c1ccc(Cl)c(Cl)c1. The highest BCUT2D eigenvalue weighted by Gasteiger charge is 2.12. The molecular formula is C11H8Cl2O2. The normalized spacial score (nSPS) is 12.7. The van der Waals surface area contributed by atoms with E-state index in [0.717, 1.165) is 0 Å². The lowest BCUT2D eigenvalue weighted by molar-refractivity contribution is 0.219. The van der Waals surface area contributed by atoms with Crippen LogP contribution in [0.3, 0.4) is 0 Å². The Balaban J connectivity index is 2.34. The summed E-state index contributed by atoms with van der Waals surface area (Å²) in [6.45, 7) is 0. The summed E-state index contributed by atoms with van der Waals surface area (Å²) in [6, 6.07) is 6.73. The van der Waals surface area contributed by atoms with Gasteiger partial charge in [0.1, 0.15) is 6.10 Å². The van der Waals surface area contributed by atoms with Gasteiger partial charge in [0.2, 0.25) is 0 Å². The van der Waals surface area contributed by atoms with Crippen LogP contribution in [0, 0.1) is 0 Å². The summed E-state index contributed by atoms with van der Waals surface area (Å²) < 4.78 is 4.89. The van der Waals surface area contributed by atoms with Crippen molar-refractivity contribution in [3.63, 3.8) is 0 Å². The molecule has 0 fully saturated rings. The van der Waals surface area contributed by atoms with Crippen molar-refractivity contribution in [2.24, 2.45) is 0 Å². The first-order chi connectivity index (χ1) is 7.18. The number of rotatable bonds is 2. The number of halogens is 2. The third kappa shape index (κ3) is 2.17. The van der Waals surface area contributed by atoms with Gasteiger partial charge in [-0.05, 0) is 23.8 Å². The van der Waals surface area contributed by atoms with E-state index in [-0.39, 0.29) is 0 Å². The smallest absolute Gasteiger partial charge is 0.107 e. The molecule has 1 N–H and O–H groups in total. The van der Waals surface area contributed by atoms with Crippen LogP contribution < -0.4 is 0 Å². The van der Waals surface area contributed by atoms with Gasteiger partial charge in [0.15, 0.2) is 0 Å². The Bertz CT molecular complexity index is 452. The van der Waals surface area contributed by atoms with Gasteiger partial charge in [-0.25, -0.2) is 0 Å². The number of hydrogen-bond acceptors (Lipinski definition) is 2. The molecule has 0 amide bonds. The molecule has 0 spiro atoms. The lowest BCUT2D eigenvalue weighted by Crippen LogP contribution is -1.97. The summed E-state index contributed by atoms with van der Waals surface area (Å²) in [5, 5.41) is 10.8. The Morgan fingerprint density at radius 1 is 1.07 bits per heavy atom. The van der Waals surface area contributed by atoms with E-state index in [4.69, 9.17) is 27.6 Å². The fourth-order valence-electron chi connectivity index (χ4n) is 1.31. The van der Waals surface area contributed by atoms with Gasteiger partial charge < -0.3 is 9.52 Å². The van der Waals surface area contributed by atoms with Crippen LogP contribution >= 0.6 is 23.2 Å². The summed E-state index contributed by atoms with van der Waals surface area (Å²) in [5.41, 5.74) is 1.37. The molecule has 0 aliphatic carbocycles. The highest BCUT2D eigenvalue weighted by molar-refractivity contribution is 6.42. The zero-order valence-corrected chi connectivity index (χ0v) is 9.16. The Kier molecular flexibility index (Phi) is 3.00. The number of benzene rings is 1. The molecule has 0 bridgehead atoms. The summed E-state index contributed by atoms with van der Waals surface area (Å²) in [7, 11) is 0. The van der Waals surface area contributed by atoms with E-state index in [1.54, 1.807) is 24.3 Å². The fraction of sp³-hybridized carbons (Fsp3) is 0.0909. The average Bonchev–Trinajstić information content (AvgIpc) is 2.74. The molecule has 0 aliphatic heterocycles. The van der Waals surface area contributed by atoms with E-state index in [9.17, 15) is 5.11 Å².